The van der Waals surface area contributed by atoms with Gasteiger partial charge in [0.15, 0.2) is 9.04 Å². The summed E-state index contributed by atoms with van der Waals surface area (Å²) in [4.78, 5) is 8.19. The highest BCUT2D eigenvalue weighted by Crippen LogP contribution is 1.67. The molecule has 0 radical (unpaired) electrons. The first-order valence-corrected chi connectivity index (χ1v) is 6.33. The zero-order chi connectivity index (χ0) is 6.28. The van der Waals surface area contributed by atoms with Crippen LogP contribution in [0.3, 0.4) is 0 Å². The summed E-state index contributed by atoms with van der Waals surface area (Å²) in [6.07, 6.45) is 0. The Hall–Kier alpha value is 0.657. The molecule has 0 rings (SSSR count). The molecule has 0 unspecified atom stereocenters. The van der Waals surface area contributed by atoms with Crippen molar-refractivity contribution < 1.29 is 4.80 Å². The molecule has 0 aromatic rings. The summed E-state index contributed by atoms with van der Waals surface area (Å²) in [7, 11) is -1.14. The van der Waals surface area contributed by atoms with Crippen molar-refractivity contribution in [3.05, 3.63) is 0 Å². The van der Waals surface area contributed by atoms with Crippen molar-refractivity contribution in [2.45, 2.75) is 20.0 Å². The standard InChI is InChI=1S/C2H5Br.C2H8OSi/c1-2-3;1-4(2)3/h2H2,1H3;3-4H,1-2H3. The SMILES string of the molecule is CCBr.C[SiH](C)O. The van der Waals surface area contributed by atoms with Crippen molar-refractivity contribution >= 4 is 25.0 Å². The lowest BCUT2D eigenvalue weighted by Gasteiger charge is -1.76. The first kappa shape index (κ1) is 10.6. The Morgan fingerprint density at radius 1 is 1.57 bits per heavy atom. The number of hydrogen-bond acceptors (Lipinski definition) is 1. The third-order valence-electron chi connectivity index (χ3n) is 0. The van der Waals surface area contributed by atoms with Crippen LogP contribution in [0.2, 0.25) is 13.1 Å². The molecule has 0 aliphatic rings. The molecule has 0 saturated heterocycles. The number of halogens is 1. The van der Waals surface area contributed by atoms with E-state index in [4.69, 9.17) is 4.80 Å². The van der Waals surface area contributed by atoms with Crippen molar-refractivity contribution in [3.8, 4) is 0 Å². The van der Waals surface area contributed by atoms with Crippen LogP contribution in [0.25, 0.3) is 0 Å². The van der Waals surface area contributed by atoms with Gasteiger partial charge in [0, 0.05) is 5.33 Å². The first-order valence-electron chi connectivity index (χ1n) is 2.39. The van der Waals surface area contributed by atoms with Gasteiger partial charge in [0.1, 0.15) is 0 Å². The second-order valence-corrected chi connectivity index (χ2v) is 4.67. The summed E-state index contributed by atoms with van der Waals surface area (Å²) in [5.74, 6) is 0. The molecule has 0 spiro atoms. The van der Waals surface area contributed by atoms with Crippen molar-refractivity contribution in [2.24, 2.45) is 0 Å². The summed E-state index contributed by atoms with van der Waals surface area (Å²) < 4.78 is 0. The molecule has 0 aromatic heterocycles. The Labute approximate surface area is 55.6 Å². The molecule has 7 heavy (non-hydrogen) atoms. The fraction of sp³-hybridized carbons (Fsp3) is 1.00. The maximum Gasteiger partial charge on any atom is 0.166 e. The third kappa shape index (κ3) is 335. The molecule has 0 fully saturated rings. The van der Waals surface area contributed by atoms with Crippen LogP contribution >= 0.6 is 15.9 Å². The van der Waals surface area contributed by atoms with Crippen molar-refractivity contribution in [2.75, 3.05) is 5.33 Å². The molecule has 0 bridgehead atoms. The fourth-order valence-electron chi connectivity index (χ4n) is 0. The highest BCUT2D eigenvalue weighted by atomic mass is 79.9. The molecule has 0 heterocycles. The third-order valence-corrected chi connectivity index (χ3v) is 0. The molecule has 0 amide bonds. The van der Waals surface area contributed by atoms with Gasteiger partial charge in [-0.3, -0.25) is 0 Å². The number of alkyl halides is 1. The Morgan fingerprint density at radius 2 is 1.57 bits per heavy atom. The topological polar surface area (TPSA) is 20.2 Å². The van der Waals surface area contributed by atoms with Gasteiger partial charge in [-0.1, -0.05) is 22.9 Å². The maximum atomic E-state index is 8.19. The highest BCUT2D eigenvalue weighted by Gasteiger charge is 1.74. The van der Waals surface area contributed by atoms with E-state index in [1.54, 1.807) is 0 Å². The van der Waals surface area contributed by atoms with Gasteiger partial charge >= 0.3 is 0 Å². The highest BCUT2D eigenvalue weighted by molar-refractivity contribution is 9.09. The largest absolute Gasteiger partial charge is 0.435 e. The van der Waals surface area contributed by atoms with E-state index in [2.05, 4.69) is 15.9 Å². The molecule has 1 nitrogen and oxygen atoms in total. The molecule has 46 valence electrons. The van der Waals surface area contributed by atoms with E-state index in [1.165, 1.54) is 0 Å². The Kier molecular flexibility index (Phi) is 14.9. The van der Waals surface area contributed by atoms with Crippen LogP contribution in [0.1, 0.15) is 6.92 Å². The molecule has 1 N–H and O–H groups in total. The van der Waals surface area contributed by atoms with E-state index in [0.29, 0.717) is 0 Å². The summed E-state index contributed by atoms with van der Waals surface area (Å²) in [5.41, 5.74) is 0. The molecule has 0 atom stereocenters. The lowest BCUT2D eigenvalue weighted by molar-refractivity contribution is 0.587. The lowest BCUT2D eigenvalue weighted by atomic mass is 11.0. The van der Waals surface area contributed by atoms with Gasteiger partial charge in [-0.15, -0.1) is 0 Å². The van der Waals surface area contributed by atoms with Gasteiger partial charge in [0.25, 0.3) is 0 Å². The van der Waals surface area contributed by atoms with Crippen LogP contribution in [0.4, 0.5) is 0 Å². The van der Waals surface area contributed by atoms with Gasteiger partial charge in [0.05, 0.1) is 0 Å². The molecular weight excluding hydrogens is 172 g/mol. The average molecular weight is 185 g/mol. The minimum absolute atomic E-state index is 1.06. The molecule has 0 aliphatic heterocycles. The van der Waals surface area contributed by atoms with Crippen LogP contribution in [-0.4, -0.2) is 19.2 Å². The van der Waals surface area contributed by atoms with Crippen molar-refractivity contribution in [1.82, 2.24) is 0 Å². The molecule has 3 heteroatoms. The van der Waals surface area contributed by atoms with E-state index in [1.807, 2.05) is 20.0 Å². The monoisotopic (exact) mass is 184 g/mol. The van der Waals surface area contributed by atoms with E-state index >= 15 is 0 Å². The van der Waals surface area contributed by atoms with Gasteiger partial charge < -0.3 is 4.80 Å². The summed E-state index contributed by atoms with van der Waals surface area (Å²) >= 11 is 3.15. The predicted octanol–water partition coefficient (Wildman–Crippen LogP) is 1.36. The summed E-state index contributed by atoms with van der Waals surface area (Å²) in [6.45, 7) is 5.76. The number of rotatable bonds is 0. The quantitative estimate of drug-likeness (QED) is 0.446. The smallest absolute Gasteiger partial charge is 0.166 e. The van der Waals surface area contributed by atoms with Gasteiger partial charge in [-0.2, -0.15) is 0 Å². The van der Waals surface area contributed by atoms with Gasteiger partial charge in [-0.05, 0) is 13.1 Å². The molecule has 0 aromatic carbocycles. The first-order chi connectivity index (χ1) is 3.15. The van der Waals surface area contributed by atoms with Crippen LogP contribution in [0, 0.1) is 0 Å². The van der Waals surface area contributed by atoms with E-state index in [0.717, 1.165) is 5.33 Å². The second kappa shape index (κ2) is 9.82. The summed E-state index contributed by atoms with van der Waals surface area (Å²) in [5, 5.41) is 1.06. The van der Waals surface area contributed by atoms with Gasteiger partial charge in [0.2, 0.25) is 0 Å². The van der Waals surface area contributed by atoms with Crippen molar-refractivity contribution in [3.63, 3.8) is 0 Å². The van der Waals surface area contributed by atoms with E-state index in [9.17, 15) is 0 Å². The zero-order valence-electron chi connectivity index (χ0n) is 5.11. The average Bonchev–Trinajstić information content (AvgIpc) is 1.33. The van der Waals surface area contributed by atoms with Crippen molar-refractivity contribution in [1.29, 1.82) is 0 Å². The minimum Gasteiger partial charge on any atom is -0.435 e. The van der Waals surface area contributed by atoms with Crippen LogP contribution in [0.15, 0.2) is 0 Å². The minimum atomic E-state index is -1.14. The normalized spacial score (nSPS) is 7.71. The fourth-order valence-corrected chi connectivity index (χ4v) is 0. The Bertz CT molecular complexity index is 22.9. The number of hydrogen-bond donors (Lipinski definition) is 1. The predicted molar refractivity (Wildman–Crippen MR) is 40.6 cm³/mol. The van der Waals surface area contributed by atoms with E-state index < -0.39 is 9.04 Å². The lowest BCUT2D eigenvalue weighted by Crippen LogP contribution is -1.93. The molecular formula is C4H13BrOSi. The van der Waals surface area contributed by atoms with E-state index in [-0.39, 0.29) is 0 Å². The molecule has 0 aliphatic carbocycles. The molecule has 0 saturated carbocycles. The van der Waals surface area contributed by atoms with Crippen LogP contribution in [-0.2, 0) is 0 Å². The summed E-state index contributed by atoms with van der Waals surface area (Å²) in [6, 6.07) is 0. The maximum absolute atomic E-state index is 8.19. The Balaban J connectivity index is 0. The van der Waals surface area contributed by atoms with Gasteiger partial charge in [-0.25, -0.2) is 0 Å². The zero-order valence-corrected chi connectivity index (χ0v) is 7.85. The Morgan fingerprint density at radius 3 is 1.57 bits per heavy atom. The second-order valence-electron chi connectivity index (χ2n) is 1.36. The van der Waals surface area contributed by atoms with Crippen LogP contribution < -0.4 is 0 Å². The van der Waals surface area contributed by atoms with Crippen LogP contribution in [0.5, 0.6) is 0 Å².